The van der Waals surface area contributed by atoms with Crippen LogP contribution in [0.25, 0.3) is 16.1 Å². The van der Waals surface area contributed by atoms with Gasteiger partial charge < -0.3 is 10.4 Å². The van der Waals surface area contributed by atoms with Gasteiger partial charge in [-0.1, -0.05) is 0 Å². The summed E-state index contributed by atoms with van der Waals surface area (Å²) in [7, 11) is 0. The number of aliphatic hydroxyl groups excluding tert-OH is 1. The van der Waals surface area contributed by atoms with Gasteiger partial charge in [-0.15, -0.1) is 11.3 Å². The highest BCUT2D eigenvalue weighted by atomic mass is 32.1. The van der Waals surface area contributed by atoms with E-state index in [9.17, 15) is 4.79 Å². The Hall–Kier alpha value is -2.25. The summed E-state index contributed by atoms with van der Waals surface area (Å²) in [6.07, 6.45) is 3.55. The molecule has 0 unspecified atom stereocenters. The topological polar surface area (TPSA) is 79.5 Å². The van der Waals surface area contributed by atoms with Crippen molar-refractivity contribution in [3.8, 4) is 10.4 Å². The van der Waals surface area contributed by atoms with E-state index in [0.717, 1.165) is 21.0 Å². The summed E-state index contributed by atoms with van der Waals surface area (Å²) in [5, 5.41) is 16.1. The van der Waals surface area contributed by atoms with Crippen LogP contribution in [0.4, 0.5) is 5.82 Å². The van der Waals surface area contributed by atoms with E-state index in [1.165, 1.54) is 11.3 Å². The van der Waals surface area contributed by atoms with Crippen molar-refractivity contribution in [1.29, 1.82) is 0 Å². The van der Waals surface area contributed by atoms with Crippen molar-refractivity contribution in [3.63, 3.8) is 0 Å². The van der Waals surface area contributed by atoms with Crippen LogP contribution in [0.5, 0.6) is 0 Å². The number of Topliss-reactive ketones (excluding diaryl/α,β-unsaturated/α-hetero) is 1. The molecule has 3 heterocycles. The average molecular weight is 302 g/mol. The molecule has 0 amide bonds. The highest BCUT2D eigenvalue weighted by Gasteiger charge is 2.12. The molecule has 0 atom stereocenters. The van der Waals surface area contributed by atoms with Crippen LogP contribution in [0, 0.1) is 0 Å². The molecule has 0 radical (unpaired) electrons. The number of rotatable bonds is 5. The van der Waals surface area contributed by atoms with Gasteiger partial charge in [0.25, 0.3) is 0 Å². The Bertz CT molecular complexity index is 793. The fourth-order valence-corrected chi connectivity index (χ4v) is 2.90. The number of hydrogen-bond donors (Lipinski definition) is 2. The molecule has 3 aromatic rings. The zero-order chi connectivity index (χ0) is 14.8. The first-order chi connectivity index (χ1) is 10.2. The van der Waals surface area contributed by atoms with Crippen molar-refractivity contribution in [2.45, 2.75) is 6.92 Å². The summed E-state index contributed by atoms with van der Waals surface area (Å²) in [6.45, 7) is 2.05. The van der Waals surface area contributed by atoms with E-state index in [4.69, 9.17) is 5.11 Å². The summed E-state index contributed by atoms with van der Waals surface area (Å²) in [6, 6.07) is 5.53. The molecule has 2 N–H and O–H groups in total. The predicted octanol–water partition coefficient (Wildman–Crippen LogP) is 2.06. The van der Waals surface area contributed by atoms with E-state index < -0.39 is 0 Å². The van der Waals surface area contributed by atoms with Crippen LogP contribution in [0.3, 0.4) is 0 Å². The second-order valence-electron chi connectivity index (χ2n) is 4.51. The maximum Gasteiger partial charge on any atom is 0.169 e. The Balaban J connectivity index is 2.02. The van der Waals surface area contributed by atoms with Gasteiger partial charge in [0.15, 0.2) is 11.4 Å². The highest BCUT2D eigenvalue weighted by molar-refractivity contribution is 7.17. The number of ketones is 1. The number of carbonyl (C=O) groups is 1. The molecule has 0 aliphatic rings. The van der Waals surface area contributed by atoms with Crippen LogP contribution in [0.2, 0.25) is 0 Å². The molecule has 0 saturated heterocycles. The molecule has 0 aliphatic carbocycles. The lowest BCUT2D eigenvalue weighted by Gasteiger charge is -2.03. The molecule has 0 aliphatic heterocycles. The molecular weight excluding hydrogens is 288 g/mol. The number of thiophene rings is 1. The van der Waals surface area contributed by atoms with Crippen LogP contribution in [-0.2, 0) is 0 Å². The second-order valence-corrected chi connectivity index (χ2v) is 5.59. The van der Waals surface area contributed by atoms with Gasteiger partial charge in [0, 0.05) is 17.6 Å². The first-order valence-corrected chi connectivity index (χ1v) is 7.31. The average Bonchev–Trinajstić information content (AvgIpc) is 3.10. The fourth-order valence-electron chi connectivity index (χ4n) is 2.00. The van der Waals surface area contributed by atoms with E-state index in [0.29, 0.717) is 12.4 Å². The monoisotopic (exact) mass is 302 g/mol. The summed E-state index contributed by atoms with van der Waals surface area (Å²) in [5.74, 6) is 0.739. The molecule has 3 rings (SSSR count). The molecule has 108 valence electrons. The molecule has 0 aromatic carbocycles. The Labute approximate surface area is 125 Å². The smallest absolute Gasteiger partial charge is 0.169 e. The fraction of sp³-hybridized carbons (Fsp3) is 0.214. The van der Waals surface area contributed by atoms with Crippen molar-refractivity contribution in [2.24, 2.45) is 0 Å². The van der Waals surface area contributed by atoms with Crippen molar-refractivity contribution in [2.75, 3.05) is 18.5 Å². The molecule has 7 heteroatoms. The molecular formula is C14H14N4O2S. The largest absolute Gasteiger partial charge is 0.395 e. The zero-order valence-electron chi connectivity index (χ0n) is 11.4. The number of aliphatic hydroxyl groups is 1. The molecule has 0 fully saturated rings. The van der Waals surface area contributed by atoms with Gasteiger partial charge in [-0.05, 0) is 25.1 Å². The predicted molar refractivity (Wildman–Crippen MR) is 81.9 cm³/mol. The summed E-state index contributed by atoms with van der Waals surface area (Å²) < 4.78 is 1.69. The maximum atomic E-state index is 11.4. The van der Waals surface area contributed by atoms with Crippen LogP contribution in [0.15, 0.2) is 30.6 Å². The van der Waals surface area contributed by atoms with Crippen LogP contribution >= 0.6 is 11.3 Å². The van der Waals surface area contributed by atoms with E-state index in [2.05, 4.69) is 15.4 Å². The number of nitrogens with zero attached hydrogens (tertiary/aromatic N) is 3. The molecule has 21 heavy (non-hydrogen) atoms. The van der Waals surface area contributed by atoms with E-state index in [-0.39, 0.29) is 12.4 Å². The van der Waals surface area contributed by atoms with Gasteiger partial charge >= 0.3 is 0 Å². The van der Waals surface area contributed by atoms with E-state index in [1.807, 2.05) is 18.3 Å². The van der Waals surface area contributed by atoms with Gasteiger partial charge in [-0.2, -0.15) is 5.10 Å². The standard InChI is InChI=1S/C14H14N4O2S/c1-9(20)11-2-3-12(21-11)10-8-16-18-6-4-13(15-5-7-19)17-14(10)18/h2-4,6,8,19H,5,7H2,1H3,(H,15,17). The molecule has 0 bridgehead atoms. The minimum absolute atomic E-state index is 0.0475. The van der Waals surface area contributed by atoms with Crippen LogP contribution in [0.1, 0.15) is 16.6 Å². The molecule has 3 aromatic heterocycles. The first-order valence-electron chi connectivity index (χ1n) is 6.49. The van der Waals surface area contributed by atoms with Crippen molar-refractivity contribution >= 4 is 28.6 Å². The molecule has 6 nitrogen and oxygen atoms in total. The minimum atomic E-state index is 0.0475. The van der Waals surface area contributed by atoms with Crippen molar-refractivity contribution < 1.29 is 9.90 Å². The Morgan fingerprint density at radius 2 is 2.29 bits per heavy atom. The SMILES string of the molecule is CC(=O)c1ccc(-c2cnn3ccc(NCCO)nc23)s1. The number of carbonyl (C=O) groups excluding carboxylic acids is 1. The van der Waals surface area contributed by atoms with Crippen molar-refractivity contribution in [3.05, 3.63) is 35.5 Å². The number of hydrogen-bond acceptors (Lipinski definition) is 6. The maximum absolute atomic E-state index is 11.4. The van der Waals surface area contributed by atoms with Gasteiger partial charge in [0.1, 0.15) is 5.82 Å². The minimum Gasteiger partial charge on any atom is -0.395 e. The second kappa shape index (κ2) is 5.63. The van der Waals surface area contributed by atoms with Crippen molar-refractivity contribution in [1.82, 2.24) is 14.6 Å². The lowest BCUT2D eigenvalue weighted by Crippen LogP contribution is -2.07. The third-order valence-corrected chi connectivity index (χ3v) is 4.22. The summed E-state index contributed by atoms with van der Waals surface area (Å²) >= 11 is 1.43. The Morgan fingerprint density at radius 3 is 3.00 bits per heavy atom. The number of fused-ring (bicyclic) bond motifs is 1. The lowest BCUT2D eigenvalue weighted by molar-refractivity contribution is 0.102. The third kappa shape index (κ3) is 2.65. The third-order valence-electron chi connectivity index (χ3n) is 3.01. The quantitative estimate of drug-likeness (QED) is 0.705. The van der Waals surface area contributed by atoms with E-state index in [1.54, 1.807) is 23.7 Å². The first kappa shape index (κ1) is 13.7. The molecule has 0 spiro atoms. The van der Waals surface area contributed by atoms with Gasteiger partial charge in [0.2, 0.25) is 0 Å². The summed E-state index contributed by atoms with van der Waals surface area (Å²) in [5.41, 5.74) is 1.61. The zero-order valence-corrected chi connectivity index (χ0v) is 12.2. The van der Waals surface area contributed by atoms with Gasteiger partial charge in [-0.25, -0.2) is 9.50 Å². The van der Waals surface area contributed by atoms with Gasteiger partial charge in [-0.3, -0.25) is 4.79 Å². The lowest BCUT2D eigenvalue weighted by atomic mass is 10.2. The summed E-state index contributed by atoms with van der Waals surface area (Å²) in [4.78, 5) is 17.6. The number of nitrogens with one attached hydrogen (secondary N) is 1. The highest BCUT2D eigenvalue weighted by Crippen LogP contribution is 2.31. The molecule has 0 saturated carbocycles. The van der Waals surface area contributed by atoms with Crippen LogP contribution < -0.4 is 5.32 Å². The normalized spacial score (nSPS) is 11.0. The van der Waals surface area contributed by atoms with Gasteiger partial charge in [0.05, 0.1) is 23.2 Å². The van der Waals surface area contributed by atoms with Crippen LogP contribution in [-0.4, -0.2) is 38.6 Å². The number of aromatic nitrogens is 3. The number of anilines is 1. The Kier molecular flexibility index (Phi) is 3.68. The van der Waals surface area contributed by atoms with E-state index >= 15 is 0 Å². The Morgan fingerprint density at radius 1 is 1.43 bits per heavy atom.